The average Bonchev–Trinajstić information content (AvgIpc) is 3.21. The van der Waals surface area contributed by atoms with E-state index >= 15 is 0 Å². The highest BCUT2D eigenvalue weighted by molar-refractivity contribution is 6.36. The lowest BCUT2D eigenvalue weighted by Gasteiger charge is -2.22. The molecule has 150 valence electrons. The molecule has 1 amide bonds. The first-order valence-electron chi connectivity index (χ1n) is 9.75. The van der Waals surface area contributed by atoms with Crippen LogP contribution in [0.5, 0.6) is 5.75 Å². The Morgan fingerprint density at radius 3 is 2.64 bits per heavy atom. The highest BCUT2D eigenvalue weighted by Crippen LogP contribution is 2.34. The fourth-order valence-electron chi connectivity index (χ4n) is 3.95. The molecule has 3 rings (SSSR count). The summed E-state index contributed by atoms with van der Waals surface area (Å²) < 4.78 is 5.38. The molecule has 1 aromatic carbocycles. The Balaban J connectivity index is 1.67. The van der Waals surface area contributed by atoms with Crippen molar-refractivity contribution in [2.45, 2.75) is 44.4 Å². The maximum atomic E-state index is 12.5. The first-order chi connectivity index (χ1) is 13.6. The second-order valence-corrected chi connectivity index (χ2v) is 8.24. The number of nitrogens with zero attached hydrogens (tertiary/aromatic N) is 1. The van der Waals surface area contributed by atoms with Gasteiger partial charge in [-0.25, -0.2) is 0 Å². The molecule has 1 aliphatic carbocycles. The second kappa shape index (κ2) is 10.1. The van der Waals surface area contributed by atoms with Gasteiger partial charge in [0, 0.05) is 30.4 Å². The first kappa shape index (κ1) is 20.9. The summed E-state index contributed by atoms with van der Waals surface area (Å²) >= 11 is 12.3. The zero-order chi connectivity index (χ0) is 19.9. The van der Waals surface area contributed by atoms with Gasteiger partial charge in [0.1, 0.15) is 5.75 Å². The van der Waals surface area contributed by atoms with E-state index in [0.717, 1.165) is 18.1 Å². The molecular weight excluding hydrogens is 395 g/mol. The summed E-state index contributed by atoms with van der Waals surface area (Å²) in [6.07, 6.45) is 9.40. The van der Waals surface area contributed by atoms with Gasteiger partial charge in [0.15, 0.2) is 0 Å². The Labute approximate surface area is 176 Å². The molecule has 0 bridgehead atoms. The standard InChI is InChI=1S/C22H26Cl2N2O2/c1-28-18-8-4-7-16(10-18)17(9-15-5-2-3-6-15)12-26-22(27)11-19-20(23)13-25-14-21(19)24/h4,7-8,10,13-15,17H,2-3,5-6,9,11-12H2,1H3,(H,26,27). The molecule has 28 heavy (non-hydrogen) atoms. The minimum atomic E-state index is -0.0886. The van der Waals surface area contributed by atoms with E-state index in [0.29, 0.717) is 22.2 Å². The number of pyridine rings is 1. The molecule has 0 saturated heterocycles. The first-order valence-corrected chi connectivity index (χ1v) is 10.5. The van der Waals surface area contributed by atoms with Gasteiger partial charge in [0.25, 0.3) is 0 Å². The van der Waals surface area contributed by atoms with Crippen molar-refractivity contribution in [1.82, 2.24) is 10.3 Å². The summed E-state index contributed by atoms with van der Waals surface area (Å²) in [5, 5.41) is 3.91. The normalized spacial score (nSPS) is 15.4. The Hall–Kier alpha value is -1.78. The van der Waals surface area contributed by atoms with Crippen molar-refractivity contribution in [3.8, 4) is 5.75 Å². The molecule has 0 radical (unpaired) electrons. The minimum absolute atomic E-state index is 0.0886. The molecule has 1 aliphatic rings. The van der Waals surface area contributed by atoms with Crippen LogP contribution in [0.3, 0.4) is 0 Å². The van der Waals surface area contributed by atoms with Crippen molar-refractivity contribution < 1.29 is 9.53 Å². The topological polar surface area (TPSA) is 51.2 Å². The third-order valence-electron chi connectivity index (χ3n) is 5.49. The van der Waals surface area contributed by atoms with E-state index in [2.05, 4.69) is 22.4 Å². The molecule has 1 unspecified atom stereocenters. The van der Waals surface area contributed by atoms with Crippen LogP contribution in [0.4, 0.5) is 0 Å². The molecule has 0 aliphatic heterocycles. The Bertz CT molecular complexity index is 787. The largest absolute Gasteiger partial charge is 0.497 e. The lowest BCUT2D eigenvalue weighted by molar-refractivity contribution is -0.120. The van der Waals surface area contributed by atoms with Gasteiger partial charge in [-0.15, -0.1) is 0 Å². The molecule has 1 fully saturated rings. The minimum Gasteiger partial charge on any atom is -0.497 e. The molecule has 4 nitrogen and oxygen atoms in total. The van der Waals surface area contributed by atoms with Gasteiger partial charge >= 0.3 is 0 Å². The monoisotopic (exact) mass is 420 g/mol. The number of rotatable bonds is 8. The maximum absolute atomic E-state index is 12.5. The molecule has 1 N–H and O–H groups in total. The van der Waals surface area contributed by atoms with Crippen molar-refractivity contribution in [2.75, 3.05) is 13.7 Å². The van der Waals surface area contributed by atoms with E-state index in [-0.39, 0.29) is 18.2 Å². The quantitative estimate of drug-likeness (QED) is 0.619. The maximum Gasteiger partial charge on any atom is 0.224 e. The van der Waals surface area contributed by atoms with Crippen LogP contribution in [0.2, 0.25) is 10.0 Å². The van der Waals surface area contributed by atoms with Gasteiger partial charge in [-0.05, 0) is 30.0 Å². The van der Waals surface area contributed by atoms with Crippen LogP contribution in [0.15, 0.2) is 36.7 Å². The van der Waals surface area contributed by atoms with Crippen LogP contribution in [0.25, 0.3) is 0 Å². The summed E-state index contributed by atoms with van der Waals surface area (Å²) in [4.78, 5) is 16.5. The fourth-order valence-corrected chi connectivity index (χ4v) is 4.45. The van der Waals surface area contributed by atoms with Crippen LogP contribution >= 0.6 is 23.2 Å². The molecular formula is C22H26Cl2N2O2. The smallest absolute Gasteiger partial charge is 0.224 e. The van der Waals surface area contributed by atoms with E-state index in [9.17, 15) is 4.79 Å². The van der Waals surface area contributed by atoms with Gasteiger partial charge in [0.05, 0.1) is 23.6 Å². The highest BCUT2D eigenvalue weighted by atomic mass is 35.5. The van der Waals surface area contributed by atoms with E-state index < -0.39 is 0 Å². The van der Waals surface area contributed by atoms with Crippen LogP contribution in [-0.4, -0.2) is 24.5 Å². The van der Waals surface area contributed by atoms with E-state index in [1.165, 1.54) is 43.6 Å². The zero-order valence-electron chi connectivity index (χ0n) is 16.1. The van der Waals surface area contributed by atoms with Crippen LogP contribution in [0.1, 0.15) is 49.1 Å². The Kier molecular flexibility index (Phi) is 7.57. The molecule has 2 aromatic rings. The van der Waals surface area contributed by atoms with Gasteiger partial charge in [-0.1, -0.05) is 61.0 Å². The number of benzene rings is 1. The summed E-state index contributed by atoms with van der Waals surface area (Å²) in [7, 11) is 1.68. The number of halogens is 2. The molecule has 1 atom stereocenters. The van der Waals surface area contributed by atoms with Gasteiger partial charge < -0.3 is 10.1 Å². The van der Waals surface area contributed by atoms with Gasteiger partial charge in [-0.2, -0.15) is 0 Å². The number of carbonyl (C=O) groups excluding carboxylic acids is 1. The van der Waals surface area contributed by atoms with Crippen LogP contribution < -0.4 is 10.1 Å². The Morgan fingerprint density at radius 2 is 1.96 bits per heavy atom. The number of hydrogen-bond donors (Lipinski definition) is 1. The summed E-state index contributed by atoms with van der Waals surface area (Å²) in [6.45, 7) is 0.586. The predicted octanol–water partition coefficient (Wildman–Crippen LogP) is 5.42. The summed E-state index contributed by atoms with van der Waals surface area (Å²) in [5.74, 6) is 1.73. The highest BCUT2D eigenvalue weighted by Gasteiger charge is 2.22. The van der Waals surface area contributed by atoms with E-state index in [1.807, 2.05) is 12.1 Å². The third-order valence-corrected chi connectivity index (χ3v) is 6.14. The van der Waals surface area contributed by atoms with Gasteiger partial charge in [-0.3, -0.25) is 9.78 Å². The fraction of sp³-hybridized carbons (Fsp3) is 0.455. The average molecular weight is 421 g/mol. The molecule has 1 heterocycles. The van der Waals surface area contributed by atoms with Gasteiger partial charge in [0.2, 0.25) is 5.91 Å². The number of methoxy groups -OCH3 is 1. The van der Waals surface area contributed by atoms with Crippen LogP contribution in [-0.2, 0) is 11.2 Å². The van der Waals surface area contributed by atoms with Crippen molar-refractivity contribution in [3.63, 3.8) is 0 Å². The molecule has 1 aromatic heterocycles. The molecule has 6 heteroatoms. The van der Waals surface area contributed by atoms with Crippen molar-refractivity contribution in [2.24, 2.45) is 5.92 Å². The number of amides is 1. The van der Waals surface area contributed by atoms with E-state index in [4.69, 9.17) is 27.9 Å². The number of aromatic nitrogens is 1. The number of hydrogen-bond acceptors (Lipinski definition) is 3. The lowest BCUT2D eigenvalue weighted by Crippen LogP contribution is -2.30. The second-order valence-electron chi connectivity index (χ2n) is 7.42. The summed E-state index contributed by atoms with van der Waals surface area (Å²) in [5.41, 5.74) is 1.82. The predicted molar refractivity (Wildman–Crippen MR) is 113 cm³/mol. The van der Waals surface area contributed by atoms with Crippen molar-refractivity contribution in [1.29, 1.82) is 0 Å². The Morgan fingerprint density at radius 1 is 1.25 bits per heavy atom. The lowest BCUT2D eigenvalue weighted by atomic mass is 9.87. The van der Waals surface area contributed by atoms with E-state index in [1.54, 1.807) is 7.11 Å². The molecule has 0 spiro atoms. The third kappa shape index (κ3) is 5.62. The summed E-state index contributed by atoms with van der Waals surface area (Å²) in [6, 6.07) is 8.14. The van der Waals surface area contributed by atoms with Crippen LogP contribution in [0, 0.1) is 5.92 Å². The number of carbonyl (C=O) groups is 1. The number of nitrogens with one attached hydrogen (secondary N) is 1. The zero-order valence-corrected chi connectivity index (χ0v) is 17.6. The van der Waals surface area contributed by atoms with Crippen molar-refractivity contribution >= 4 is 29.1 Å². The van der Waals surface area contributed by atoms with Crippen molar-refractivity contribution in [3.05, 3.63) is 57.8 Å². The molecule has 1 saturated carbocycles. The SMILES string of the molecule is COc1cccc(C(CNC(=O)Cc2c(Cl)cncc2Cl)CC2CCCC2)c1. The number of ether oxygens (including phenoxy) is 1.